The van der Waals surface area contributed by atoms with E-state index in [0.717, 1.165) is 23.0 Å². The molecular formula is C15H21BI. The number of hydrogen-bond donors (Lipinski definition) is 0. The van der Waals surface area contributed by atoms with Gasteiger partial charge in [0.2, 0.25) is 0 Å². The van der Waals surface area contributed by atoms with Gasteiger partial charge in [-0.1, -0.05) is 0 Å². The summed E-state index contributed by atoms with van der Waals surface area (Å²) in [6.07, 6.45) is 12.0. The summed E-state index contributed by atoms with van der Waals surface area (Å²) in [5, 5.41) is 0. The normalized spacial score (nSPS) is 17.9. The fraction of sp³-hybridized carbons (Fsp3) is 0.533. The third-order valence-electron chi connectivity index (χ3n) is 3.22. The fourth-order valence-electron chi connectivity index (χ4n) is 2.20. The topological polar surface area (TPSA) is 0 Å². The standard InChI is InChI=1S/C15H21BI/c1-3-14-12(2)13(11-15(14)16)9-7-5-4-6-8-10-17/h3,11H,2,4-10H2,1H3/b14-3-. The zero-order valence-corrected chi connectivity index (χ0v) is 12.9. The zero-order valence-electron chi connectivity index (χ0n) is 10.8. The van der Waals surface area contributed by atoms with Gasteiger partial charge in [-0.05, 0) is 0 Å². The predicted octanol–water partition coefficient (Wildman–Crippen LogP) is 4.55. The summed E-state index contributed by atoms with van der Waals surface area (Å²) in [6.45, 7) is 6.15. The van der Waals surface area contributed by atoms with Crippen molar-refractivity contribution in [1.29, 1.82) is 0 Å². The molecule has 0 amide bonds. The molecule has 0 aromatic rings. The monoisotopic (exact) mass is 339 g/mol. The van der Waals surface area contributed by atoms with Crippen molar-refractivity contribution in [2.45, 2.75) is 45.4 Å². The second kappa shape index (κ2) is 8.07. The Balaban J connectivity index is 2.27. The van der Waals surface area contributed by atoms with Gasteiger partial charge in [-0.2, -0.15) is 0 Å². The van der Waals surface area contributed by atoms with Crippen LogP contribution in [0.3, 0.4) is 0 Å². The Bertz CT molecular complexity index is 350. The maximum absolute atomic E-state index is 5.95. The van der Waals surface area contributed by atoms with Gasteiger partial charge in [-0.25, -0.2) is 0 Å². The van der Waals surface area contributed by atoms with Crippen LogP contribution in [0.5, 0.6) is 0 Å². The Hall–Kier alpha value is -0.115. The van der Waals surface area contributed by atoms with Gasteiger partial charge in [0.1, 0.15) is 0 Å². The number of halogens is 1. The Morgan fingerprint density at radius 3 is 2.47 bits per heavy atom. The van der Waals surface area contributed by atoms with Crippen LogP contribution in [0.2, 0.25) is 0 Å². The molecule has 0 spiro atoms. The molecule has 1 radical (unpaired) electrons. The number of unbranched alkanes of at least 4 members (excludes halogenated alkanes) is 4. The van der Waals surface area contributed by atoms with Crippen LogP contribution in [0.4, 0.5) is 0 Å². The van der Waals surface area contributed by atoms with E-state index < -0.39 is 0 Å². The predicted molar refractivity (Wildman–Crippen MR) is 88.3 cm³/mol. The molecule has 0 unspecified atom stereocenters. The van der Waals surface area contributed by atoms with Crippen LogP contribution in [0, 0.1) is 0 Å². The number of hydrogen-bond acceptors (Lipinski definition) is 0. The van der Waals surface area contributed by atoms with E-state index in [-0.39, 0.29) is 0 Å². The van der Waals surface area contributed by atoms with Gasteiger partial charge < -0.3 is 0 Å². The van der Waals surface area contributed by atoms with Gasteiger partial charge in [0.15, 0.2) is 0 Å². The Morgan fingerprint density at radius 1 is 1.24 bits per heavy atom. The number of rotatable bonds is 7. The van der Waals surface area contributed by atoms with Gasteiger partial charge in [-0.15, -0.1) is 0 Å². The molecule has 17 heavy (non-hydrogen) atoms. The van der Waals surface area contributed by atoms with Gasteiger partial charge in [-0.3, -0.25) is 0 Å². The summed E-state index contributed by atoms with van der Waals surface area (Å²) < 4.78 is 1.29. The van der Waals surface area contributed by atoms with E-state index in [1.165, 1.54) is 42.1 Å². The van der Waals surface area contributed by atoms with Crippen LogP contribution in [0.1, 0.15) is 45.4 Å². The minimum atomic E-state index is 0.886. The van der Waals surface area contributed by atoms with Gasteiger partial charge >= 0.3 is 121 Å². The summed E-state index contributed by atoms with van der Waals surface area (Å²) >= 11 is 2.45. The van der Waals surface area contributed by atoms with Crippen molar-refractivity contribution >= 4 is 35.5 Å². The van der Waals surface area contributed by atoms with Crippen molar-refractivity contribution in [3.05, 3.63) is 35.5 Å². The van der Waals surface area contributed by atoms with E-state index in [1.807, 2.05) is 6.92 Å². The molecule has 0 N–H and O–H groups in total. The van der Waals surface area contributed by atoms with E-state index in [9.17, 15) is 0 Å². The van der Waals surface area contributed by atoms with Crippen molar-refractivity contribution in [1.82, 2.24) is 0 Å². The summed E-state index contributed by atoms with van der Waals surface area (Å²) in [7, 11) is 5.95. The Morgan fingerprint density at radius 2 is 1.88 bits per heavy atom. The van der Waals surface area contributed by atoms with Crippen LogP contribution < -0.4 is 0 Å². The van der Waals surface area contributed by atoms with Crippen molar-refractivity contribution in [2.24, 2.45) is 0 Å². The third kappa shape index (κ3) is 4.57. The average Bonchev–Trinajstić information content (AvgIpc) is 2.58. The molecular weight excluding hydrogens is 318 g/mol. The van der Waals surface area contributed by atoms with E-state index in [1.54, 1.807) is 0 Å². The summed E-state index contributed by atoms with van der Waals surface area (Å²) in [5.41, 5.74) is 4.49. The van der Waals surface area contributed by atoms with Crippen molar-refractivity contribution in [3.63, 3.8) is 0 Å². The molecule has 0 nitrogen and oxygen atoms in total. The molecule has 1 rings (SSSR count). The van der Waals surface area contributed by atoms with E-state index in [2.05, 4.69) is 41.3 Å². The third-order valence-corrected chi connectivity index (χ3v) is 3.98. The molecule has 0 fully saturated rings. The quantitative estimate of drug-likeness (QED) is 0.276. The van der Waals surface area contributed by atoms with Gasteiger partial charge in [0.05, 0.1) is 0 Å². The number of allylic oxidation sites excluding steroid dienone is 5. The molecule has 0 aliphatic heterocycles. The molecule has 0 saturated carbocycles. The van der Waals surface area contributed by atoms with Crippen LogP contribution >= 0.6 is 22.6 Å². The summed E-state index contributed by atoms with van der Waals surface area (Å²) in [4.78, 5) is 0. The average molecular weight is 339 g/mol. The molecule has 0 aromatic carbocycles. The first kappa shape index (κ1) is 14.9. The van der Waals surface area contributed by atoms with Crippen LogP contribution in [0.25, 0.3) is 0 Å². The molecule has 0 bridgehead atoms. The Kier molecular flexibility index (Phi) is 7.09. The van der Waals surface area contributed by atoms with Crippen molar-refractivity contribution < 1.29 is 0 Å². The first-order chi connectivity index (χ1) is 8.20. The molecule has 91 valence electrons. The summed E-state index contributed by atoms with van der Waals surface area (Å²) in [6, 6.07) is 0. The van der Waals surface area contributed by atoms with E-state index >= 15 is 0 Å². The molecule has 0 heterocycles. The van der Waals surface area contributed by atoms with Crippen molar-refractivity contribution in [2.75, 3.05) is 4.43 Å². The van der Waals surface area contributed by atoms with Gasteiger partial charge in [0.25, 0.3) is 0 Å². The van der Waals surface area contributed by atoms with Gasteiger partial charge in [0, 0.05) is 0 Å². The zero-order chi connectivity index (χ0) is 12.7. The molecule has 0 atom stereocenters. The van der Waals surface area contributed by atoms with Crippen LogP contribution in [-0.2, 0) is 0 Å². The first-order valence-corrected chi connectivity index (χ1v) is 7.98. The molecule has 2 heteroatoms. The number of alkyl halides is 1. The van der Waals surface area contributed by atoms with Crippen LogP contribution in [-0.4, -0.2) is 17.4 Å². The fourth-order valence-corrected chi connectivity index (χ4v) is 2.74. The first-order valence-electron chi connectivity index (χ1n) is 6.46. The van der Waals surface area contributed by atoms with E-state index in [0.29, 0.717) is 0 Å². The SMILES string of the molecule is [B]=C1C=C(CCCCCCCI)C(=C)/C1=C/C. The molecule has 0 saturated heterocycles. The molecule has 0 aromatic heterocycles. The summed E-state index contributed by atoms with van der Waals surface area (Å²) in [5.74, 6) is 0. The second-order valence-electron chi connectivity index (χ2n) is 4.51. The van der Waals surface area contributed by atoms with E-state index in [4.69, 9.17) is 7.49 Å². The second-order valence-corrected chi connectivity index (χ2v) is 5.59. The molecule has 1 aliphatic rings. The van der Waals surface area contributed by atoms with Crippen molar-refractivity contribution in [3.8, 4) is 0 Å². The Labute approximate surface area is 120 Å². The minimum absolute atomic E-state index is 0.886. The molecule has 1 aliphatic carbocycles. The van der Waals surface area contributed by atoms with Crippen LogP contribution in [0.15, 0.2) is 35.5 Å². The maximum atomic E-state index is 5.95.